The van der Waals surface area contributed by atoms with E-state index in [1.54, 1.807) is 4.88 Å². The first kappa shape index (κ1) is 17.0. The summed E-state index contributed by atoms with van der Waals surface area (Å²) in [5.74, 6) is 1.74. The van der Waals surface area contributed by atoms with Crippen LogP contribution >= 0.6 is 11.3 Å². The predicted octanol–water partition coefficient (Wildman–Crippen LogP) is 5.51. The third kappa shape index (κ3) is 5.75. The minimum absolute atomic E-state index is 0.241. The topological polar surface area (TPSA) is 12.0 Å². The second-order valence-electron chi connectivity index (χ2n) is 8.68. The largest absolute Gasteiger partial charge is 0.312 e. The van der Waals surface area contributed by atoms with Crippen molar-refractivity contribution in [2.45, 2.75) is 72.3 Å². The summed E-state index contributed by atoms with van der Waals surface area (Å²) in [5.41, 5.74) is 0.781. The van der Waals surface area contributed by atoms with E-state index in [9.17, 15) is 0 Å². The van der Waals surface area contributed by atoms with Crippen LogP contribution in [-0.2, 0) is 6.42 Å². The third-order valence-electron chi connectivity index (χ3n) is 4.91. The van der Waals surface area contributed by atoms with Crippen LogP contribution in [0, 0.1) is 17.3 Å². The molecule has 21 heavy (non-hydrogen) atoms. The lowest BCUT2D eigenvalue weighted by molar-refractivity contribution is 0.105. The van der Waals surface area contributed by atoms with Gasteiger partial charge in [0, 0.05) is 10.4 Å². The molecule has 0 spiro atoms. The maximum atomic E-state index is 3.74. The number of hydrogen-bond donors (Lipinski definition) is 1. The van der Waals surface area contributed by atoms with Crippen molar-refractivity contribution in [2.24, 2.45) is 17.3 Å². The number of thiophene rings is 1. The Bertz CT molecular complexity index is 413. The maximum Gasteiger partial charge on any atom is 0.00966 e. The minimum Gasteiger partial charge on any atom is -0.312 e. The van der Waals surface area contributed by atoms with Crippen LogP contribution < -0.4 is 5.32 Å². The fourth-order valence-corrected chi connectivity index (χ4v) is 4.34. The van der Waals surface area contributed by atoms with Crippen LogP contribution in [0.4, 0.5) is 0 Å². The number of hydrogen-bond acceptors (Lipinski definition) is 2. The zero-order valence-electron chi connectivity index (χ0n) is 14.5. The lowest BCUT2D eigenvalue weighted by Crippen LogP contribution is -2.43. The van der Waals surface area contributed by atoms with Crippen molar-refractivity contribution in [1.82, 2.24) is 5.32 Å². The van der Waals surface area contributed by atoms with Gasteiger partial charge in [-0.05, 0) is 88.1 Å². The number of rotatable bonds is 5. The average Bonchev–Trinajstić information content (AvgIpc) is 2.86. The zero-order valence-corrected chi connectivity index (χ0v) is 15.4. The first-order valence-corrected chi connectivity index (χ1v) is 9.41. The Kier molecular flexibility index (Phi) is 5.54. The normalized spacial score (nSPS) is 26.0. The highest BCUT2D eigenvalue weighted by Gasteiger charge is 2.34. The van der Waals surface area contributed by atoms with E-state index in [2.05, 4.69) is 57.4 Å². The van der Waals surface area contributed by atoms with Gasteiger partial charge in [0.15, 0.2) is 0 Å². The van der Waals surface area contributed by atoms with Gasteiger partial charge in [0.2, 0.25) is 0 Å². The Labute approximate surface area is 135 Å². The molecule has 0 bridgehead atoms. The van der Waals surface area contributed by atoms with Crippen molar-refractivity contribution in [3.8, 4) is 0 Å². The lowest BCUT2D eigenvalue weighted by Gasteiger charge is -2.42. The van der Waals surface area contributed by atoms with E-state index in [0.717, 1.165) is 11.8 Å². The van der Waals surface area contributed by atoms with E-state index in [-0.39, 0.29) is 5.54 Å². The Hall–Kier alpha value is -0.340. The van der Waals surface area contributed by atoms with Crippen molar-refractivity contribution in [3.63, 3.8) is 0 Å². The van der Waals surface area contributed by atoms with Crippen LogP contribution in [0.15, 0.2) is 17.5 Å². The highest BCUT2D eigenvalue weighted by molar-refractivity contribution is 7.09. The molecule has 1 N–H and O–H groups in total. The fourth-order valence-electron chi connectivity index (χ4n) is 3.62. The smallest absolute Gasteiger partial charge is 0.00966 e. The molecule has 1 fully saturated rings. The molecule has 0 aliphatic heterocycles. The van der Waals surface area contributed by atoms with E-state index in [1.807, 2.05) is 11.3 Å². The van der Waals surface area contributed by atoms with Crippen molar-refractivity contribution >= 4 is 11.3 Å². The summed E-state index contributed by atoms with van der Waals surface area (Å²) in [6.07, 6.45) is 6.81. The van der Waals surface area contributed by atoms with E-state index in [4.69, 9.17) is 0 Å². The number of aryl methyl sites for hydroxylation is 1. The van der Waals surface area contributed by atoms with Gasteiger partial charge in [-0.15, -0.1) is 11.3 Å². The quantitative estimate of drug-likeness (QED) is 0.756. The summed E-state index contributed by atoms with van der Waals surface area (Å²) in [6, 6.07) is 4.48. The van der Waals surface area contributed by atoms with Gasteiger partial charge < -0.3 is 5.32 Å². The lowest BCUT2D eigenvalue weighted by atomic mass is 9.66. The summed E-state index contributed by atoms with van der Waals surface area (Å²) in [5, 5.41) is 5.95. The van der Waals surface area contributed by atoms with Crippen LogP contribution in [0.1, 0.15) is 65.2 Å². The summed E-state index contributed by atoms with van der Waals surface area (Å²) in [7, 11) is 0. The van der Waals surface area contributed by atoms with Gasteiger partial charge in [-0.25, -0.2) is 0 Å². The molecular formula is C19H33NS. The first-order chi connectivity index (χ1) is 9.75. The number of nitrogens with one attached hydrogen (secondary N) is 1. The third-order valence-corrected chi connectivity index (χ3v) is 5.85. The second-order valence-corrected chi connectivity index (χ2v) is 9.71. The molecule has 0 aromatic carbocycles. The first-order valence-electron chi connectivity index (χ1n) is 8.53. The average molecular weight is 308 g/mol. The van der Waals surface area contributed by atoms with Gasteiger partial charge in [-0.3, -0.25) is 0 Å². The summed E-state index contributed by atoms with van der Waals surface area (Å²) >= 11 is 1.91. The molecule has 1 aliphatic rings. The summed E-state index contributed by atoms with van der Waals surface area (Å²) in [4.78, 5) is 1.56. The molecule has 120 valence electrons. The fraction of sp³-hybridized carbons (Fsp3) is 0.789. The standard InChI is InChI=1S/C19H33NS/c1-18(2,3)20-14-16-10-11-19(4,5)13-15(16)8-9-17-7-6-12-21-17/h6-7,12,15-16,20H,8-11,13-14H2,1-5H3. The SMILES string of the molecule is CC1(C)CCC(CNC(C)(C)C)C(CCc2cccs2)C1. The Morgan fingerprint density at radius 2 is 2.05 bits per heavy atom. The minimum atomic E-state index is 0.241. The predicted molar refractivity (Wildman–Crippen MR) is 95.0 cm³/mol. The monoisotopic (exact) mass is 307 g/mol. The van der Waals surface area contributed by atoms with Crippen molar-refractivity contribution in [2.75, 3.05) is 6.54 Å². The van der Waals surface area contributed by atoms with Gasteiger partial charge in [-0.2, -0.15) is 0 Å². The molecule has 2 rings (SSSR count). The van der Waals surface area contributed by atoms with E-state index >= 15 is 0 Å². The molecule has 1 nitrogen and oxygen atoms in total. The molecule has 2 atom stereocenters. The van der Waals surface area contributed by atoms with Crippen LogP contribution in [0.3, 0.4) is 0 Å². The molecule has 1 aromatic rings. The van der Waals surface area contributed by atoms with Crippen molar-refractivity contribution in [3.05, 3.63) is 22.4 Å². The highest BCUT2D eigenvalue weighted by atomic mass is 32.1. The molecule has 2 heteroatoms. The zero-order chi connectivity index (χ0) is 15.5. The molecule has 1 aliphatic carbocycles. The summed E-state index contributed by atoms with van der Waals surface area (Å²) < 4.78 is 0. The molecule has 0 amide bonds. The van der Waals surface area contributed by atoms with E-state index in [1.165, 1.54) is 38.6 Å². The van der Waals surface area contributed by atoms with E-state index < -0.39 is 0 Å². The molecule has 1 saturated carbocycles. The van der Waals surface area contributed by atoms with Crippen LogP contribution in [0.25, 0.3) is 0 Å². The van der Waals surface area contributed by atoms with Gasteiger partial charge in [0.05, 0.1) is 0 Å². The Balaban J connectivity index is 1.93. The van der Waals surface area contributed by atoms with E-state index in [0.29, 0.717) is 5.41 Å². The highest BCUT2D eigenvalue weighted by Crippen LogP contribution is 2.43. The van der Waals surface area contributed by atoms with Gasteiger partial charge in [0.1, 0.15) is 0 Å². The Morgan fingerprint density at radius 3 is 2.67 bits per heavy atom. The maximum absolute atomic E-state index is 3.74. The molecule has 0 saturated heterocycles. The van der Waals surface area contributed by atoms with Crippen molar-refractivity contribution in [1.29, 1.82) is 0 Å². The van der Waals surface area contributed by atoms with Crippen LogP contribution in [-0.4, -0.2) is 12.1 Å². The summed E-state index contributed by atoms with van der Waals surface area (Å²) in [6.45, 7) is 12.9. The van der Waals surface area contributed by atoms with Gasteiger partial charge in [-0.1, -0.05) is 19.9 Å². The second kappa shape index (κ2) is 6.83. The van der Waals surface area contributed by atoms with Gasteiger partial charge in [0.25, 0.3) is 0 Å². The van der Waals surface area contributed by atoms with Crippen LogP contribution in [0.2, 0.25) is 0 Å². The van der Waals surface area contributed by atoms with Crippen LogP contribution in [0.5, 0.6) is 0 Å². The Morgan fingerprint density at radius 1 is 1.29 bits per heavy atom. The molecule has 2 unspecified atom stereocenters. The molecule has 0 radical (unpaired) electrons. The molecule has 1 aromatic heterocycles. The molecule has 1 heterocycles. The molecular weight excluding hydrogens is 274 g/mol. The van der Waals surface area contributed by atoms with Gasteiger partial charge >= 0.3 is 0 Å². The van der Waals surface area contributed by atoms with Crippen molar-refractivity contribution < 1.29 is 0 Å².